The number of carbonyl (C=O) groups excluding carboxylic acids is 1. The van der Waals surface area contributed by atoms with Gasteiger partial charge in [-0.3, -0.25) is 0 Å². The molecular formula is C14H11NO2S. The van der Waals surface area contributed by atoms with E-state index < -0.39 is 0 Å². The molecule has 0 atom stereocenters. The molecule has 0 bridgehead atoms. The van der Waals surface area contributed by atoms with Gasteiger partial charge in [-0.1, -0.05) is 18.2 Å². The van der Waals surface area contributed by atoms with Gasteiger partial charge in [0.1, 0.15) is 5.04 Å². The number of aliphatic imine (C=N–C) groups is 1. The molecule has 0 aliphatic carbocycles. The third-order valence-corrected chi connectivity index (χ3v) is 3.77. The van der Waals surface area contributed by atoms with Crippen LogP contribution in [0.5, 0.6) is 0 Å². The third kappa shape index (κ3) is 1.46. The number of esters is 1. The summed E-state index contributed by atoms with van der Waals surface area (Å²) in [5.74, 6) is -0.309. The van der Waals surface area contributed by atoms with Crippen LogP contribution in [-0.4, -0.2) is 24.4 Å². The Morgan fingerprint density at radius 3 is 2.83 bits per heavy atom. The van der Waals surface area contributed by atoms with Crippen molar-refractivity contribution in [3.8, 4) is 0 Å². The average Bonchev–Trinajstić information content (AvgIpc) is 2.78. The van der Waals surface area contributed by atoms with E-state index in [1.165, 1.54) is 7.11 Å². The van der Waals surface area contributed by atoms with Crippen molar-refractivity contribution in [2.45, 2.75) is 0 Å². The van der Waals surface area contributed by atoms with E-state index in [1.54, 1.807) is 11.8 Å². The second kappa shape index (κ2) is 4.14. The maximum atomic E-state index is 11.8. The van der Waals surface area contributed by atoms with Crippen LogP contribution in [0, 0.1) is 0 Å². The van der Waals surface area contributed by atoms with Crippen molar-refractivity contribution in [2.24, 2.45) is 4.99 Å². The predicted molar refractivity (Wildman–Crippen MR) is 75.0 cm³/mol. The van der Waals surface area contributed by atoms with Crippen molar-refractivity contribution < 1.29 is 9.53 Å². The quantitative estimate of drug-likeness (QED) is 0.735. The zero-order valence-electron chi connectivity index (χ0n) is 10.1. The predicted octanol–water partition coefficient (Wildman–Crippen LogP) is 3.38. The Morgan fingerprint density at radius 1 is 1.28 bits per heavy atom. The van der Waals surface area contributed by atoms with Gasteiger partial charge >= 0.3 is 5.97 Å². The number of methoxy groups -OCH3 is 1. The zero-order chi connectivity index (χ0) is 12.7. The number of rotatable bonds is 1. The highest BCUT2D eigenvalue weighted by atomic mass is 32.2. The van der Waals surface area contributed by atoms with E-state index in [4.69, 9.17) is 4.74 Å². The van der Waals surface area contributed by atoms with E-state index in [-0.39, 0.29) is 5.97 Å². The molecule has 18 heavy (non-hydrogen) atoms. The van der Waals surface area contributed by atoms with Crippen molar-refractivity contribution >= 4 is 39.2 Å². The molecule has 0 saturated carbocycles. The van der Waals surface area contributed by atoms with E-state index in [2.05, 4.69) is 4.99 Å². The summed E-state index contributed by atoms with van der Waals surface area (Å²) in [4.78, 5) is 16.3. The zero-order valence-corrected chi connectivity index (χ0v) is 10.9. The van der Waals surface area contributed by atoms with E-state index in [9.17, 15) is 4.79 Å². The van der Waals surface area contributed by atoms with Gasteiger partial charge in [-0.05, 0) is 23.8 Å². The van der Waals surface area contributed by atoms with E-state index in [1.807, 2.05) is 36.6 Å². The third-order valence-electron chi connectivity index (χ3n) is 3.07. The van der Waals surface area contributed by atoms with Gasteiger partial charge in [0.05, 0.1) is 18.4 Å². The molecule has 0 amide bonds. The summed E-state index contributed by atoms with van der Waals surface area (Å²) in [6.45, 7) is 0. The van der Waals surface area contributed by atoms with E-state index >= 15 is 0 Å². The number of thioether (sulfide) groups is 1. The largest absolute Gasteiger partial charge is 0.465 e. The van der Waals surface area contributed by atoms with Crippen LogP contribution >= 0.6 is 11.8 Å². The summed E-state index contributed by atoms with van der Waals surface area (Å²) in [6.07, 6.45) is 2.00. The normalized spacial score (nSPS) is 12.7. The molecule has 90 valence electrons. The number of hydrogen-bond donors (Lipinski definition) is 0. The minimum Gasteiger partial charge on any atom is -0.465 e. The Morgan fingerprint density at radius 2 is 2.11 bits per heavy atom. The first-order chi connectivity index (χ1) is 8.76. The molecule has 0 unspecified atom stereocenters. The standard InChI is InChI=1S/C14H11NO2S/c1-17-14(16)9-6-7-10-12-8(9)4-3-5-11(12)15-13(10)18-2/h3-7H,1-2H3. The first kappa shape index (κ1) is 11.3. The van der Waals surface area contributed by atoms with Crippen LogP contribution < -0.4 is 0 Å². The van der Waals surface area contributed by atoms with Crippen molar-refractivity contribution in [1.82, 2.24) is 0 Å². The van der Waals surface area contributed by atoms with Gasteiger partial charge in [-0.2, -0.15) is 0 Å². The molecule has 0 radical (unpaired) electrons. The molecule has 1 aliphatic heterocycles. The summed E-state index contributed by atoms with van der Waals surface area (Å²) in [7, 11) is 1.40. The molecular weight excluding hydrogens is 246 g/mol. The maximum Gasteiger partial charge on any atom is 0.338 e. The number of hydrogen-bond acceptors (Lipinski definition) is 4. The summed E-state index contributed by atoms with van der Waals surface area (Å²) in [6, 6.07) is 9.58. The molecule has 1 aliphatic rings. The fourth-order valence-corrected chi connectivity index (χ4v) is 2.85. The van der Waals surface area contributed by atoms with Gasteiger partial charge in [0, 0.05) is 10.9 Å². The van der Waals surface area contributed by atoms with E-state index in [0.717, 1.165) is 27.1 Å². The molecule has 0 N–H and O–H groups in total. The fourth-order valence-electron chi connectivity index (χ4n) is 2.27. The molecule has 0 fully saturated rings. The molecule has 0 aromatic heterocycles. The average molecular weight is 257 g/mol. The monoisotopic (exact) mass is 257 g/mol. The highest BCUT2D eigenvalue weighted by molar-refractivity contribution is 8.13. The van der Waals surface area contributed by atoms with Crippen molar-refractivity contribution in [2.75, 3.05) is 13.4 Å². The van der Waals surface area contributed by atoms with Gasteiger partial charge in [-0.25, -0.2) is 9.79 Å². The highest BCUT2D eigenvalue weighted by Crippen LogP contribution is 2.39. The SMILES string of the molecule is COC(=O)c1ccc2c3c(cccc13)N=C2SC. The Hall–Kier alpha value is -1.81. The molecule has 4 heteroatoms. The Labute approximate surface area is 109 Å². The fraction of sp³-hybridized carbons (Fsp3) is 0.143. The van der Waals surface area contributed by atoms with Gasteiger partial charge < -0.3 is 4.74 Å². The van der Waals surface area contributed by atoms with Crippen LogP contribution in [0.25, 0.3) is 10.8 Å². The lowest BCUT2D eigenvalue weighted by Gasteiger charge is -2.07. The smallest absolute Gasteiger partial charge is 0.338 e. The van der Waals surface area contributed by atoms with Crippen LogP contribution in [0.15, 0.2) is 35.3 Å². The first-order valence-corrected chi connectivity index (χ1v) is 6.76. The second-order valence-corrected chi connectivity index (χ2v) is 4.77. The number of ether oxygens (including phenoxy) is 1. The molecule has 1 heterocycles. The lowest BCUT2D eigenvalue weighted by Crippen LogP contribution is -2.03. The van der Waals surface area contributed by atoms with Gasteiger partial charge in [0.25, 0.3) is 0 Å². The van der Waals surface area contributed by atoms with Crippen LogP contribution in [-0.2, 0) is 4.74 Å². The lowest BCUT2D eigenvalue weighted by atomic mass is 10.00. The molecule has 3 nitrogen and oxygen atoms in total. The lowest BCUT2D eigenvalue weighted by molar-refractivity contribution is 0.0603. The van der Waals surface area contributed by atoms with Crippen LogP contribution in [0.1, 0.15) is 15.9 Å². The Bertz CT molecular complexity index is 691. The number of benzene rings is 2. The van der Waals surface area contributed by atoms with Crippen LogP contribution in [0.2, 0.25) is 0 Å². The minimum atomic E-state index is -0.309. The van der Waals surface area contributed by atoms with Crippen molar-refractivity contribution in [1.29, 1.82) is 0 Å². The maximum absolute atomic E-state index is 11.8. The number of carbonyl (C=O) groups is 1. The van der Waals surface area contributed by atoms with Crippen molar-refractivity contribution in [3.05, 3.63) is 41.5 Å². The molecule has 0 spiro atoms. The van der Waals surface area contributed by atoms with Crippen molar-refractivity contribution in [3.63, 3.8) is 0 Å². The minimum absolute atomic E-state index is 0.309. The van der Waals surface area contributed by atoms with Gasteiger partial charge in [-0.15, -0.1) is 11.8 Å². The van der Waals surface area contributed by atoms with Crippen LogP contribution in [0.3, 0.4) is 0 Å². The first-order valence-electron chi connectivity index (χ1n) is 5.53. The van der Waals surface area contributed by atoms with Crippen LogP contribution in [0.4, 0.5) is 5.69 Å². The Kier molecular flexibility index (Phi) is 2.59. The van der Waals surface area contributed by atoms with Gasteiger partial charge in [0.2, 0.25) is 0 Å². The van der Waals surface area contributed by atoms with E-state index in [0.29, 0.717) is 5.56 Å². The topological polar surface area (TPSA) is 38.7 Å². The van der Waals surface area contributed by atoms with Gasteiger partial charge in [0.15, 0.2) is 0 Å². The molecule has 0 saturated heterocycles. The Balaban J connectivity index is 2.35. The summed E-state index contributed by atoms with van der Waals surface area (Å²) < 4.78 is 4.82. The highest BCUT2D eigenvalue weighted by Gasteiger charge is 2.21. The number of nitrogens with zero attached hydrogens (tertiary/aromatic N) is 1. The second-order valence-electron chi connectivity index (χ2n) is 3.97. The summed E-state index contributed by atoms with van der Waals surface area (Å²) in [5.41, 5.74) is 2.62. The molecule has 2 aromatic rings. The summed E-state index contributed by atoms with van der Waals surface area (Å²) in [5, 5.41) is 2.95. The summed E-state index contributed by atoms with van der Waals surface area (Å²) >= 11 is 1.62. The molecule has 3 rings (SSSR count). The molecule has 2 aromatic carbocycles.